The van der Waals surface area contributed by atoms with Crippen LogP contribution < -0.4 is 16.0 Å². The number of alkyl halides is 3. The zero-order valence-corrected chi connectivity index (χ0v) is 13.8. The van der Waals surface area contributed by atoms with E-state index in [1.165, 1.54) is 12.1 Å². The third-order valence-electron chi connectivity index (χ3n) is 3.72. The highest BCUT2D eigenvalue weighted by Crippen LogP contribution is 2.31. The van der Waals surface area contributed by atoms with Crippen LogP contribution in [0.2, 0.25) is 0 Å². The Morgan fingerprint density at radius 3 is 2.38 bits per heavy atom. The summed E-state index contributed by atoms with van der Waals surface area (Å²) < 4.78 is 49.5. The Morgan fingerprint density at radius 2 is 1.81 bits per heavy atom. The van der Waals surface area contributed by atoms with Crippen molar-refractivity contribution in [1.29, 1.82) is 0 Å². The maximum atomic E-state index is 12.9. The molecular weight excluding hydrogens is 345 g/mol. The molecule has 4 nitrogen and oxygen atoms in total. The van der Waals surface area contributed by atoms with Crippen molar-refractivity contribution in [2.24, 2.45) is 10.7 Å². The van der Waals surface area contributed by atoms with E-state index in [1.54, 1.807) is 31.4 Å². The van der Waals surface area contributed by atoms with Crippen molar-refractivity contribution in [3.8, 4) is 5.75 Å². The van der Waals surface area contributed by atoms with E-state index in [0.29, 0.717) is 17.0 Å². The summed E-state index contributed by atoms with van der Waals surface area (Å²) >= 11 is 0. The molecule has 7 heteroatoms. The zero-order valence-electron chi connectivity index (χ0n) is 13.8. The number of nitrogens with two attached hydrogens (primary N) is 1. The van der Waals surface area contributed by atoms with Gasteiger partial charge in [-0.25, -0.2) is 4.99 Å². The number of rotatable bonds is 3. The lowest BCUT2D eigenvalue weighted by Gasteiger charge is -2.09. The maximum absolute atomic E-state index is 12.9. The van der Waals surface area contributed by atoms with Crippen LogP contribution in [0, 0.1) is 0 Å². The van der Waals surface area contributed by atoms with Crippen LogP contribution >= 0.6 is 0 Å². The molecule has 0 aliphatic rings. The number of hydrogen-bond acceptors (Lipinski definition) is 4. The normalized spacial score (nSPS) is 12.4. The second-order valence-electron chi connectivity index (χ2n) is 5.55. The number of hydrogen-bond donors (Lipinski definition) is 1. The third kappa shape index (κ3) is 3.56. The van der Waals surface area contributed by atoms with Crippen molar-refractivity contribution in [1.82, 2.24) is 0 Å². The second-order valence-corrected chi connectivity index (χ2v) is 5.55. The SMILES string of the molecule is C=C(N)c1cc2cc(C(F)(F)F)ccc2oc1=Nc1ccc(OC)cc1. The highest BCUT2D eigenvalue weighted by atomic mass is 19.4. The van der Waals surface area contributed by atoms with Gasteiger partial charge in [0.2, 0.25) is 5.55 Å². The van der Waals surface area contributed by atoms with Crippen molar-refractivity contribution in [2.75, 3.05) is 7.11 Å². The van der Waals surface area contributed by atoms with E-state index in [4.69, 9.17) is 14.9 Å². The first-order valence-corrected chi connectivity index (χ1v) is 7.56. The molecule has 0 fully saturated rings. The van der Waals surface area contributed by atoms with Crippen molar-refractivity contribution in [3.63, 3.8) is 0 Å². The lowest BCUT2D eigenvalue weighted by molar-refractivity contribution is -0.137. The first-order valence-electron chi connectivity index (χ1n) is 7.56. The first kappa shape index (κ1) is 17.6. The van der Waals surface area contributed by atoms with Gasteiger partial charge < -0.3 is 14.9 Å². The number of benzene rings is 2. The maximum Gasteiger partial charge on any atom is 0.416 e. The summed E-state index contributed by atoms with van der Waals surface area (Å²) in [5, 5.41) is 0.259. The molecule has 0 aliphatic heterocycles. The number of fused-ring (bicyclic) bond motifs is 1. The van der Waals surface area contributed by atoms with Gasteiger partial charge in [0, 0.05) is 11.1 Å². The molecule has 0 radical (unpaired) electrons. The Morgan fingerprint density at radius 1 is 1.12 bits per heavy atom. The Hall–Kier alpha value is -3.22. The summed E-state index contributed by atoms with van der Waals surface area (Å²) in [6, 6.07) is 11.6. The smallest absolute Gasteiger partial charge is 0.416 e. The first-order chi connectivity index (χ1) is 12.3. The fourth-order valence-electron chi connectivity index (χ4n) is 2.39. The standard InChI is InChI=1S/C19H15F3N2O2/c1-11(23)16-10-12-9-13(19(20,21)22)3-8-17(12)26-18(16)24-14-4-6-15(25-2)7-5-14/h3-10H,1,23H2,2H3. The number of methoxy groups -OCH3 is 1. The average molecular weight is 360 g/mol. The van der Waals surface area contributed by atoms with Gasteiger partial charge in [-0.15, -0.1) is 0 Å². The van der Waals surface area contributed by atoms with Gasteiger partial charge in [-0.05, 0) is 48.5 Å². The van der Waals surface area contributed by atoms with Crippen LogP contribution in [0.25, 0.3) is 16.7 Å². The van der Waals surface area contributed by atoms with Gasteiger partial charge in [-0.1, -0.05) is 6.58 Å². The summed E-state index contributed by atoms with van der Waals surface area (Å²) in [5.74, 6) is 0.669. The predicted molar refractivity (Wildman–Crippen MR) is 92.7 cm³/mol. The highest BCUT2D eigenvalue weighted by Gasteiger charge is 2.30. The molecule has 134 valence electrons. The summed E-state index contributed by atoms with van der Waals surface area (Å²) in [6.07, 6.45) is -4.44. The summed E-state index contributed by atoms with van der Waals surface area (Å²) in [7, 11) is 1.55. The van der Waals surface area contributed by atoms with E-state index in [-0.39, 0.29) is 22.2 Å². The summed E-state index contributed by atoms with van der Waals surface area (Å²) in [6.45, 7) is 3.65. The average Bonchev–Trinajstić information content (AvgIpc) is 2.60. The number of ether oxygens (including phenoxy) is 1. The Labute approximate surface area is 147 Å². The molecule has 0 spiro atoms. The molecule has 1 heterocycles. The van der Waals surface area contributed by atoms with Crippen LogP contribution in [-0.2, 0) is 6.18 Å². The second kappa shape index (κ2) is 6.59. The van der Waals surface area contributed by atoms with Crippen molar-refractivity contribution >= 4 is 22.4 Å². The predicted octanol–water partition coefficient (Wildman–Crippen LogP) is 4.62. The molecule has 3 aromatic rings. The fraction of sp³-hybridized carbons (Fsp3) is 0.105. The Kier molecular flexibility index (Phi) is 4.46. The molecule has 0 unspecified atom stereocenters. The van der Waals surface area contributed by atoms with Gasteiger partial charge >= 0.3 is 6.18 Å². The minimum atomic E-state index is -4.44. The van der Waals surface area contributed by atoms with Gasteiger partial charge in [0.25, 0.3) is 0 Å². The van der Waals surface area contributed by atoms with Gasteiger partial charge in [0.1, 0.15) is 11.3 Å². The van der Waals surface area contributed by atoms with Crippen molar-refractivity contribution < 1.29 is 22.3 Å². The molecule has 0 bridgehead atoms. The van der Waals surface area contributed by atoms with Crippen LogP contribution in [0.15, 0.2) is 64.5 Å². The van der Waals surface area contributed by atoms with E-state index in [9.17, 15) is 13.2 Å². The quantitative estimate of drug-likeness (QED) is 0.741. The van der Waals surface area contributed by atoms with Crippen LogP contribution in [0.4, 0.5) is 18.9 Å². The number of nitrogens with zero attached hydrogens (tertiary/aromatic N) is 1. The van der Waals surface area contributed by atoms with E-state index >= 15 is 0 Å². The molecule has 3 rings (SSSR count). The van der Waals surface area contributed by atoms with E-state index < -0.39 is 11.7 Å². The van der Waals surface area contributed by atoms with Crippen molar-refractivity contribution in [3.05, 3.63) is 71.8 Å². The minimum absolute atomic E-state index is 0.139. The third-order valence-corrected chi connectivity index (χ3v) is 3.72. The Bertz CT molecular complexity index is 1040. The largest absolute Gasteiger partial charge is 0.497 e. The molecule has 26 heavy (non-hydrogen) atoms. The monoisotopic (exact) mass is 360 g/mol. The molecule has 2 aromatic carbocycles. The van der Waals surface area contributed by atoms with Gasteiger partial charge in [-0.3, -0.25) is 0 Å². The molecule has 0 saturated carbocycles. The number of halogens is 3. The molecular formula is C19H15F3N2O2. The van der Waals surface area contributed by atoms with E-state index in [0.717, 1.165) is 12.1 Å². The van der Waals surface area contributed by atoms with Crippen LogP contribution in [0.5, 0.6) is 5.75 Å². The topological polar surface area (TPSA) is 60.8 Å². The molecule has 0 atom stereocenters. The summed E-state index contributed by atoms with van der Waals surface area (Å²) in [4.78, 5) is 4.37. The van der Waals surface area contributed by atoms with Gasteiger partial charge in [0.15, 0.2) is 0 Å². The molecule has 1 aromatic heterocycles. The van der Waals surface area contributed by atoms with Gasteiger partial charge in [-0.2, -0.15) is 13.2 Å². The van der Waals surface area contributed by atoms with Crippen LogP contribution in [0.1, 0.15) is 11.1 Å². The lowest BCUT2D eigenvalue weighted by atomic mass is 10.1. The summed E-state index contributed by atoms with van der Waals surface area (Å²) in [5.41, 5.74) is 6.46. The molecule has 0 saturated heterocycles. The highest BCUT2D eigenvalue weighted by molar-refractivity contribution is 5.80. The fourth-order valence-corrected chi connectivity index (χ4v) is 2.39. The van der Waals surface area contributed by atoms with Gasteiger partial charge in [0.05, 0.1) is 23.9 Å². The zero-order chi connectivity index (χ0) is 18.9. The van der Waals surface area contributed by atoms with E-state index in [1.807, 2.05) is 0 Å². The van der Waals surface area contributed by atoms with E-state index in [2.05, 4.69) is 11.6 Å². The Balaban J connectivity index is 2.19. The van der Waals surface area contributed by atoms with Crippen LogP contribution in [-0.4, -0.2) is 7.11 Å². The molecule has 2 N–H and O–H groups in total. The van der Waals surface area contributed by atoms with Crippen LogP contribution in [0.3, 0.4) is 0 Å². The molecule has 0 amide bonds. The lowest BCUT2D eigenvalue weighted by Crippen LogP contribution is -2.12. The molecule has 0 aliphatic carbocycles. The van der Waals surface area contributed by atoms with Crippen molar-refractivity contribution in [2.45, 2.75) is 6.18 Å². The minimum Gasteiger partial charge on any atom is -0.497 e.